The predicted octanol–water partition coefficient (Wildman–Crippen LogP) is 2.61. The summed E-state index contributed by atoms with van der Waals surface area (Å²) < 4.78 is 5.90. The molecule has 4 unspecified atom stereocenters. The summed E-state index contributed by atoms with van der Waals surface area (Å²) in [6.07, 6.45) is 10.8. The van der Waals surface area contributed by atoms with Crippen LogP contribution in [0, 0.1) is 5.92 Å². The summed E-state index contributed by atoms with van der Waals surface area (Å²) in [7, 11) is 0. The number of primary amides is 1. The molecule has 3 heterocycles. The van der Waals surface area contributed by atoms with Crippen LogP contribution < -0.4 is 16.2 Å². The largest absolute Gasteiger partial charge is 0.470 e. The Labute approximate surface area is 210 Å². The van der Waals surface area contributed by atoms with Gasteiger partial charge in [-0.25, -0.2) is 4.98 Å². The van der Waals surface area contributed by atoms with Crippen molar-refractivity contribution >= 4 is 29.1 Å². The Morgan fingerprint density at radius 1 is 1.37 bits per heavy atom. The first-order valence-corrected chi connectivity index (χ1v) is 12.5. The SMILES string of the molecule is C=CC(=O)N1CC(N2N=C(C/C=C\C(CC)Oc3ccc(Cl)cn3)C(C(N)=O)C2N)CCC12CC2. The molecular formula is C25H33ClN6O3. The van der Waals surface area contributed by atoms with Crippen LogP contribution in [-0.2, 0) is 9.59 Å². The number of nitrogens with zero attached hydrogens (tertiary/aromatic N) is 4. The van der Waals surface area contributed by atoms with Crippen molar-refractivity contribution in [2.24, 2.45) is 22.5 Å². The molecule has 9 nitrogen and oxygen atoms in total. The summed E-state index contributed by atoms with van der Waals surface area (Å²) in [4.78, 5) is 30.9. The third-order valence-electron chi connectivity index (χ3n) is 7.16. The number of aromatic nitrogens is 1. The fraction of sp³-hybridized carbons (Fsp3) is 0.520. The normalized spacial score (nSPS) is 26.0. The minimum atomic E-state index is -0.695. The molecule has 1 aliphatic carbocycles. The molecule has 4 atom stereocenters. The van der Waals surface area contributed by atoms with E-state index in [9.17, 15) is 9.59 Å². The third kappa shape index (κ3) is 5.36. The molecule has 1 spiro atoms. The van der Waals surface area contributed by atoms with Gasteiger partial charge < -0.3 is 21.1 Å². The van der Waals surface area contributed by atoms with Crippen LogP contribution in [0.5, 0.6) is 5.88 Å². The first-order chi connectivity index (χ1) is 16.8. The molecule has 1 aromatic heterocycles. The number of hydrazone groups is 1. The van der Waals surface area contributed by atoms with Crippen LogP contribution in [0.15, 0.2) is 48.2 Å². The van der Waals surface area contributed by atoms with Crippen molar-refractivity contribution in [1.82, 2.24) is 14.9 Å². The zero-order chi connectivity index (χ0) is 25.2. The van der Waals surface area contributed by atoms with E-state index >= 15 is 0 Å². The van der Waals surface area contributed by atoms with Gasteiger partial charge in [0, 0.05) is 30.8 Å². The molecule has 1 saturated heterocycles. The van der Waals surface area contributed by atoms with Crippen LogP contribution >= 0.6 is 11.6 Å². The molecular weight excluding hydrogens is 468 g/mol. The van der Waals surface area contributed by atoms with Gasteiger partial charge in [-0.05, 0) is 50.3 Å². The number of hydrogen-bond donors (Lipinski definition) is 2. The van der Waals surface area contributed by atoms with Gasteiger partial charge >= 0.3 is 0 Å². The van der Waals surface area contributed by atoms with Crippen molar-refractivity contribution in [3.05, 3.63) is 48.2 Å². The third-order valence-corrected chi connectivity index (χ3v) is 7.38. The van der Waals surface area contributed by atoms with Crippen molar-refractivity contribution in [3.8, 4) is 5.88 Å². The Kier molecular flexibility index (Phi) is 7.47. The lowest BCUT2D eigenvalue weighted by Gasteiger charge is -2.43. The van der Waals surface area contributed by atoms with Gasteiger partial charge in [0.05, 0.1) is 16.8 Å². The number of allylic oxidation sites excluding steroid dienone is 1. The van der Waals surface area contributed by atoms with Gasteiger partial charge in [-0.3, -0.25) is 14.6 Å². The fourth-order valence-corrected chi connectivity index (χ4v) is 5.13. The summed E-state index contributed by atoms with van der Waals surface area (Å²) in [5.74, 6) is -0.788. The van der Waals surface area contributed by atoms with Crippen LogP contribution in [0.3, 0.4) is 0 Å². The highest BCUT2D eigenvalue weighted by atomic mass is 35.5. The monoisotopic (exact) mass is 500 g/mol. The van der Waals surface area contributed by atoms with Gasteiger partial charge in [-0.2, -0.15) is 5.10 Å². The van der Waals surface area contributed by atoms with Crippen LogP contribution in [0.2, 0.25) is 5.02 Å². The highest BCUT2D eigenvalue weighted by Gasteiger charge is 2.54. The molecule has 0 radical (unpaired) electrons. The molecule has 35 heavy (non-hydrogen) atoms. The second-order valence-corrected chi connectivity index (χ2v) is 9.86. The minimum absolute atomic E-state index is 0.0436. The van der Waals surface area contributed by atoms with Gasteiger partial charge in [0.25, 0.3) is 0 Å². The van der Waals surface area contributed by atoms with Gasteiger partial charge in [0.2, 0.25) is 17.7 Å². The van der Waals surface area contributed by atoms with Crippen molar-refractivity contribution < 1.29 is 14.3 Å². The van der Waals surface area contributed by atoms with Gasteiger partial charge in [0.15, 0.2) is 0 Å². The Morgan fingerprint density at radius 2 is 2.14 bits per heavy atom. The number of piperidine rings is 1. The number of likely N-dealkylation sites (tertiary alicyclic amines) is 1. The highest BCUT2D eigenvalue weighted by Crippen LogP contribution is 2.49. The minimum Gasteiger partial charge on any atom is -0.470 e. The molecule has 2 aliphatic heterocycles. The van der Waals surface area contributed by atoms with E-state index in [0.29, 0.717) is 29.6 Å². The van der Waals surface area contributed by atoms with E-state index in [-0.39, 0.29) is 23.6 Å². The van der Waals surface area contributed by atoms with Gasteiger partial charge in [-0.15, -0.1) is 0 Å². The summed E-state index contributed by atoms with van der Waals surface area (Å²) in [6.45, 7) is 6.17. The summed E-state index contributed by atoms with van der Waals surface area (Å²) in [5, 5.41) is 7.06. The number of pyridine rings is 1. The summed E-state index contributed by atoms with van der Waals surface area (Å²) in [6, 6.07) is 3.36. The van der Waals surface area contributed by atoms with Crippen LogP contribution in [0.4, 0.5) is 0 Å². The number of amides is 2. The molecule has 4 rings (SSSR count). The molecule has 1 aromatic rings. The van der Waals surface area contributed by atoms with E-state index < -0.39 is 18.0 Å². The molecule has 0 bridgehead atoms. The van der Waals surface area contributed by atoms with E-state index in [2.05, 4.69) is 11.6 Å². The maximum Gasteiger partial charge on any atom is 0.246 e. The maximum absolute atomic E-state index is 12.5. The maximum atomic E-state index is 12.5. The van der Waals surface area contributed by atoms with E-state index in [4.69, 9.17) is 32.9 Å². The van der Waals surface area contributed by atoms with E-state index in [1.54, 1.807) is 17.1 Å². The number of carbonyl (C=O) groups excluding carboxylic acids is 2. The standard InChI is InChI=1S/C25H33ClN6O3/c1-3-18(35-20-9-8-16(26)14-29-20)6-5-7-19-22(24(28)34)23(27)32(30-19)17-10-11-25(12-13-25)31(15-17)21(33)4-2/h4-6,8-9,14,17-18,22-23H,2-3,7,10-13,15,27H2,1H3,(H2,28,34)/b6-5-. The van der Waals surface area contributed by atoms with Gasteiger partial charge in [-0.1, -0.05) is 31.2 Å². The van der Waals surface area contributed by atoms with Crippen LogP contribution in [-0.4, -0.2) is 62.8 Å². The molecule has 2 amide bonds. The lowest BCUT2D eigenvalue weighted by atomic mass is 9.93. The lowest BCUT2D eigenvalue weighted by Crippen LogP contribution is -2.57. The van der Waals surface area contributed by atoms with E-state index in [1.165, 1.54) is 12.3 Å². The zero-order valence-corrected chi connectivity index (χ0v) is 20.7. The van der Waals surface area contributed by atoms with Crippen LogP contribution in [0.1, 0.15) is 45.4 Å². The topological polar surface area (TPSA) is 127 Å². The van der Waals surface area contributed by atoms with Crippen molar-refractivity contribution in [2.75, 3.05) is 6.54 Å². The van der Waals surface area contributed by atoms with Crippen molar-refractivity contribution in [1.29, 1.82) is 0 Å². The Morgan fingerprint density at radius 3 is 2.74 bits per heavy atom. The first-order valence-electron chi connectivity index (χ1n) is 12.1. The van der Waals surface area contributed by atoms with Crippen molar-refractivity contribution in [2.45, 2.75) is 69.3 Å². The average Bonchev–Trinajstić information content (AvgIpc) is 3.53. The number of hydrogen-bond acceptors (Lipinski definition) is 7. The number of carbonyl (C=O) groups is 2. The molecule has 10 heteroatoms. The number of ether oxygens (including phenoxy) is 1. The number of rotatable bonds is 9. The number of nitrogens with two attached hydrogens (primary N) is 2. The first kappa shape index (κ1) is 25.2. The summed E-state index contributed by atoms with van der Waals surface area (Å²) in [5.41, 5.74) is 12.8. The molecule has 2 fully saturated rings. The predicted molar refractivity (Wildman–Crippen MR) is 135 cm³/mol. The fourth-order valence-electron chi connectivity index (χ4n) is 5.02. The Bertz CT molecular complexity index is 1020. The highest BCUT2D eigenvalue weighted by molar-refractivity contribution is 6.30. The second kappa shape index (κ2) is 10.4. The van der Waals surface area contributed by atoms with Crippen molar-refractivity contribution in [3.63, 3.8) is 0 Å². The lowest BCUT2D eigenvalue weighted by molar-refractivity contribution is -0.133. The molecule has 1 saturated carbocycles. The van der Waals surface area contributed by atoms with E-state index in [0.717, 1.165) is 32.1 Å². The molecule has 3 aliphatic rings. The van der Waals surface area contributed by atoms with Crippen LogP contribution in [0.25, 0.3) is 0 Å². The zero-order valence-electron chi connectivity index (χ0n) is 20.0. The quantitative estimate of drug-likeness (QED) is 0.396. The summed E-state index contributed by atoms with van der Waals surface area (Å²) >= 11 is 5.88. The molecule has 0 aromatic carbocycles. The Hall–Kier alpha value is -2.91. The van der Waals surface area contributed by atoms with E-state index in [1.807, 2.05) is 24.0 Å². The van der Waals surface area contributed by atoms with Gasteiger partial charge in [0.1, 0.15) is 18.2 Å². The Balaban J connectivity index is 1.45. The smallest absolute Gasteiger partial charge is 0.246 e. The average molecular weight is 501 g/mol. The molecule has 188 valence electrons. The molecule has 4 N–H and O–H groups in total. The second-order valence-electron chi connectivity index (χ2n) is 9.42. The number of halogens is 1.